The van der Waals surface area contributed by atoms with Crippen LogP contribution in [0.5, 0.6) is 0 Å². The first-order chi connectivity index (χ1) is 8.50. The molecule has 0 aliphatic rings. The van der Waals surface area contributed by atoms with Crippen LogP contribution in [0.1, 0.15) is 29.8 Å². The monoisotopic (exact) mass is 267 g/mol. The Morgan fingerprint density at radius 2 is 2.06 bits per heavy atom. The summed E-state index contributed by atoms with van der Waals surface area (Å²) in [6.45, 7) is 5.95. The van der Waals surface area contributed by atoms with Crippen molar-refractivity contribution in [2.75, 3.05) is 19.9 Å². The zero-order valence-corrected chi connectivity index (χ0v) is 12.3. The van der Waals surface area contributed by atoms with Crippen molar-refractivity contribution in [2.45, 2.75) is 25.1 Å². The largest absolute Gasteiger partial charge is 0.465 e. The van der Waals surface area contributed by atoms with E-state index in [-0.39, 0.29) is 10.7 Å². The van der Waals surface area contributed by atoms with E-state index in [1.807, 2.05) is 30.0 Å². The van der Waals surface area contributed by atoms with Crippen LogP contribution in [0.3, 0.4) is 0 Å². The molecule has 1 rings (SSSR count). The van der Waals surface area contributed by atoms with Crippen molar-refractivity contribution in [3.63, 3.8) is 0 Å². The summed E-state index contributed by atoms with van der Waals surface area (Å²) < 4.78 is 4.97. The Labute approximate surface area is 113 Å². The summed E-state index contributed by atoms with van der Waals surface area (Å²) in [4.78, 5) is 11.6. The van der Waals surface area contributed by atoms with Gasteiger partial charge in [0, 0.05) is 17.8 Å². The maximum absolute atomic E-state index is 11.6. The molecule has 0 radical (unpaired) electrons. The molecule has 18 heavy (non-hydrogen) atoms. The molecule has 0 fully saturated rings. The van der Waals surface area contributed by atoms with Crippen molar-refractivity contribution in [1.29, 1.82) is 0 Å². The topological polar surface area (TPSA) is 38.3 Å². The lowest BCUT2D eigenvalue weighted by Gasteiger charge is -2.22. The van der Waals surface area contributed by atoms with Gasteiger partial charge in [-0.1, -0.05) is 18.2 Å². The Kier molecular flexibility index (Phi) is 5.69. The predicted octanol–water partition coefficient (Wildman–Crippen LogP) is 2.70. The van der Waals surface area contributed by atoms with Crippen molar-refractivity contribution >= 4 is 17.7 Å². The second-order valence-corrected chi connectivity index (χ2v) is 6.23. The first kappa shape index (κ1) is 15.1. The van der Waals surface area contributed by atoms with E-state index in [4.69, 9.17) is 4.74 Å². The van der Waals surface area contributed by atoms with Crippen molar-refractivity contribution in [2.24, 2.45) is 0 Å². The van der Waals surface area contributed by atoms with Crippen LogP contribution in [0.4, 0.5) is 0 Å². The number of rotatable bonds is 6. The number of carbonyl (C=O) groups is 1. The Bertz CT molecular complexity index is 405. The number of esters is 1. The lowest BCUT2D eigenvalue weighted by Crippen LogP contribution is -2.32. The molecule has 3 nitrogen and oxygen atoms in total. The Hall–Kier alpha value is -1.00. The maximum atomic E-state index is 11.6. The Morgan fingerprint density at radius 3 is 2.67 bits per heavy atom. The highest BCUT2D eigenvalue weighted by molar-refractivity contribution is 7.99. The summed E-state index contributed by atoms with van der Waals surface area (Å²) in [6, 6.07) is 7.53. The van der Waals surface area contributed by atoms with Gasteiger partial charge < -0.3 is 10.1 Å². The van der Waals surface area contributed by atoms with Crippen LogP contribution in [-0.2, 0) is 11.3 Å². The molecule has 0 saturated carbocycles. The van der Waals surface area contributed by atoms with Gasteiger partial charge in [-0.3, -0.25) is 0 Å². The fraction of sp³-hybridized carbons (Fsp3) is 0.500. The highest BCUT2D eigenvalue weighted by atomic mass is 32.2. The fourth-order valence-electron chi connectivity index (χ4n) is 1.55. The molecule has 1 N–H and O–H groups in total. The van der Waals surface area contributed by atoms with Crippen LogP contribution in [0.25, 0.3) is 0 Å². The van der Waals surface area contributed by atoms with E-state index < -0.39 is 0 Å². The van der Waals surface area contributed by atoms with E-state index >= 15 is 0 Å². The molecule has 4 heteroatoms. The van der Waals surface area contributed by atoms with Gasteiger partial charge in [-0.25, -0.2) is 4.79 Å². The van der Waals surface area contributed by atoms with Gasteiger partial charge in [-0.2, -0.15) is 11.8 Å². The van der Waals surface area contributed by atoms with E-state index in [0.29, 0.717) is 12.1 Å². The van der Waals surface area contributed by atoms with E-state index in [0.717, 1.165) is 12.1 Å². The summed E-state index contributed by atoms with van der Waals surface area (Å²) in [7, 11) is 1.41. The molecule has 1 aromatic rings. The molecule has 0 aromatic heterocycles. The zero-order valence-electron chi connectivity index (χ0n) is 11.4. The molecule has 0 spiro atoms. The lowest BCUT2D eigenvalue weighted by molar-refractivity contribution is 0.0599. The third-order valence-corrected chi connectivity index (χ3v) is 4.09. The molecule has 0 heterocycles. The normalized spacial score (nSPS) is 11.3. The minimum Gasteiger partial charge on any atom is -0.465 e. The maximum Gasteiger partial charge on any atom is 0.338 e. The van der Waals surface area contributed by atoms with Gasteiger partial charge in [0.05, 0.1) is 12.7 Å². The quantitative estimate of drug-likeness (QED) is 0.804. The minimum atomic E-state index is -0.281. The SMILES string of the molecule is COC(=O)c1ccccc1CNCC(C)(C)SC. The Balaban J connectivity index is 2.65. The average molecular weight is 267 g/mol. The van der Waals surface area contributed by atoms with E-state index in [2.05, 4.69) is 25.4 Å². The number of ether oxygens (including phenoxy) is 1. The second kappa shape index (κ2) is 6.81. The first-order valence-electron chi connectivity index (χ1n) is 5.92. The van der Waals surface area contributed by atoms with Gasteiger partial charge in [0.15, 0.2) is 0 Å². The van der Waals surface area contributed by atoms with Crippen LogP contribution < -0.4 is 5.32 Å². The summed E-state index contributed by atoms with van der Waals surface area (Å²) in [5, 5.41) is 3.38. The third-order valence-electron chi connectivity index (χ3n) is 2.84. The number of hydrogen-bond acceptors (Lipinski definition) is 4. The molecule has 0 saturated heterocycles. The summed E-state index contributed by atoms with van der Waals surface area (Å²) in [5.74, 6) is -0.281. The molecule has 0 aliphatic heterocycles. The van der Waals surface area contributed by atoms with Crippen LogP contribution in [-0.4, -0.2) is 30.6 Å². The van der Waals surface area contributed by atoms with Gasteiger partial charge in [-0.05, 0) is 31.7 Å². The summed E-state index contributed by atoms with van der Waals surface area (Å²) in [6.07, 6.45) is 2.10. The van der Waals surface area contributed by atoms with Crippen molar-refractivity contribution in [1.82, 2.24) is 5.32 Å². The number of hydrogen-bond donors (Lipinski definition) is 1. The van der Waals surface area contributed by atoms with Crippen LogP contribution in [0.2, 0.25) is 0 Å². The smallest absolute Gasteiger partial charge is 0.338 e. The van der Waals surface area contributed by atoms with Gasteiger partial charge in [0.1, 0.15) is 0 Å². The molecule has 100 valence electrons. The highest BCUT2D eigenvalue weighted by Crippen LogP contribution is 2.20. The number of benzene rings is 1. The highest BCUT2D eigenvalue weighted by Gasteiger charge is 2.16. The molecule has 0 unspecified atom stereocenters. The van der Waals surface area contributed by atoms with Gasteiger partial charge in [0.25, 0.3) is 0 Å². The van der Waals surface area contributed by atoms with E-state index in [1.165, 1.54) is 7.11 Å². The van der Waals surface area contributed by atoms with Crippen molar-refractivity contribution < 1.29 is 9.53 Å². The van der Waals surface area contributed by atoms with Gasteiger partial charge in [0.2, 0.25) is 0 Å². The number of carbonyl (C=O) groups excluding carboxylic acids is 1. The van der Waals surface area contributed by atoms with Crippen molar-refractivity contribution in [3.8, 4) is 0 Å². The summed E-state index contributed by atoms with van der Waals surface area (Å²) >= 11 is 1.82. The molecule has 0 atom stereocenters. The van der Waals surface area contributed by atoms with Crippen LogP contribution >= 0.6 is 11.8 Å². The molecular formula is C14H21NO2S. The van der Waals surface area contributed by atoms with Gasteiger partial charge in [-0.15, -0.1) is 0 Å². The number of thioether (sulfide) groups is 1. The van der Waals surface area contributed by atoms with E-state index in [1.54, 1.807) is 6.07 Å². The zero-order chi connectivity index (χ0) is 13.6. The molecule has 1 aromatic carbocycles. The first-order valence-corrected chi connectivity index (χ1v) is 7.15. The number of nitrogens with one attached hydrogen (secondary N) is 1. The van der Waals surface area contributed by atoms with E-state index in [9.17, 15) is 4.79 Å². The fourth-order valence-corrected chi connectivity index (χ4v) is 1.80. The summed E-state index contributed by atoms with van der Waals surface area (Å²) in [5.41, 5.74) is 1.61. The van der Waals surface area contributed by atoms with Crippen LogP contribution in [0, 0.1) is 0 Å². The van der Waals surface area contributed by atoms with Crippen LogP contribution in [0.15, 0.2) is 24.3 Å². The lowest BCUT2D eigenvalue weighted by atomic mass is 10.1. The van der Waals surface area contributed by atoms with Crippen molar-refractivity contribution in [3.05, 3.63) is 35.4 Å². The number of methoxy groups -OCH3 is 1. The van der Waals surface area contributed by atoms with Gasteiger partial charge >= 0.3 is 5.97 Å². The molecular weight excluding hydrogens is 246 g/mol. The average Bonchev–Trinajstić information content (AvgIpc) is 2.38. The molecule has 0 bridgehead atoms. The molecule has 0 amide bonds. The minimum absolute atomic E-state index is 0.195. The second-order valence-electron chi connectivity index (χ2n) is 4.72. The standard InChI is InChI=1S/C14H21NO2S/c1-14(2,18-4)10-15-9-11-7-5-6-8-12(11)13(16)17-3/h5-8,15H,9-10H2,1-4H3. The Morgan fingerprint density at radius 1 is 1.39 bits per heavy atom. The predicted molar refractivity (Wildman–Crippen MR) is 77.1 cm³/mol. The molecule has 0 aliphatic carbocycles. The third kappa shape index (κ3) is 4.35.